The van der Waals surface area contributed by atoms with Crippen LogP contribution in [-0.2, 0) is 9.47 Å². The molecule has 0 atom stereocenters. The third kappa shape index (κ3) is 6.74. The molecule has 1 fully saturated rings. The van der Waals surface area contributed by atoms with Crippen molar-refractivity contribution < 1.29 is 27.4 Å². The summed E-state index contributed by atoms with van der Waals surface area (Å²) < 4.78 is 60.8. The van der Waals surface area contributed by atoms with Crippen LogP contribution < -0.4 is 4.74 Å². The highest BCUT2D eigenvalue weighted by Gasteiger charge is 2.25. The van der Waals surface area contributed by atoms with Crippen molar-refractivity contribution in [1.29, 1.82) is 0 Å². The summed E-state index contributed by atoms with van der Waals surface area (Å²) in [5, 5.41) is 0. The van der Waals surface area contributed by atoms with E-state index in [2.05, 4.69) is 6.92 Å². The fourth-order valence-electron chi connectivity index (χ4n) is 4.71. The van der Waals surface area contributed by atoms with Gasteiger partial charge in [0.2, 0.25) is 5.82 Å². The Hall–Kier alpha value is -2.83. The van der Waals surface area contributed by atoms with Gasteiger partial charge in [0.05, 0.1) is 19.8 Å². The average Bonchev–Trinajstić information content (AvgIpc) is 2.92. The highest BCUT2D eigenvalue weighted by Crippen LogP contribution is 2.33. The molecule has 1 saturated heterocycles. The Morgan fingerprint density at radius 3 is 2.11 bits per heavy atom. The van der Waals surface area contributed by atoms with Gasteiger partial charge in [-0.05, 0) is 60.2 Å². The van der Waals surface area contributed by atoms with E-state index in [4.69, 9.17) is 14.2 Å². The molecule has 0 radical (unpaired) electrons. The van der Waals surface area contributed by atoms with Crippen molar-refractivity contribution in [3.05, 3.63) is 77.6 Å². The fraction of sp³-hybridized carbons (Fsp3) is 0.419. The van der Waals surface area contributed by atoms with Gasteiger partial charge < -0.3 is 14.2 Å². The smallest absolute Gasteiger partial charge is 0.201 e. The summed E-state index contributed by atoms with van der Waals surface area (Å²) >= 11 is 0. The van der Waals surface area contributed by atoms with E-state index in [1.54, 1.807) is 37.3 Å². The summed E-state index contributed by atoms with van der Waals surface area (Å²) in [5.41, 5.74) is 2.73. The van der Waals surface area contributed by atoms with Crippen LogP contribution in [0, 0.1) is 17.5 Å². The number of ether oxygens (including phenoxy) is 3. The van der Waals surface area contributed by atoms with Gasteiger partial charge in [0.15, 0.2) is 17.9 Å². The Morgan fingerprint density at radius 1 is 0.757 bits per heavy atom. The monoisotopic (exact) mass is 512 g/mol. The third-order valence-corrected chi connectivity index (χ3v) is 6.83. The summed E-state index contributed by atoms with van der Waals surface area (Å²) in [6.45, 7) is 5.04. The second-order valence-corrected chi connectivity index (χ2v) is 9.48. The number of unbranched alkanes of at least 4 members (excludes halogenated alkanes) is 4. The van der Waals surface area contributed by atoms with Crippen LogP contribution in [-0.4, -0.2) is 26.1 Å². The Balaban J connectivity index is 1.38. The minimum Gasteiger partial charge on any atom is -0.491 e. The van der Waals surface area contributed by atoms with E-state index in [1.807, 2.05) is 6.07 Å². The van der Waals surface area contributed by atoms with Crippen LogP contribution in [0.1, 0.15) is 63.9 Å². The molecule has 1 heterocycles. The van der Waals surface area contributed by atoms with Crippen LogP contribution >= 0.6 is 0 Å². The standard InChI is InChI=1S/C31H35F3O3/c1-3-5-6-7-8-9-29-36-19-24(20-37-29)25-15-14-23(18-27(25)32)21-10-12-22(13-11-21)26-16-17-28(35-4-2)31(34)30(26)33/h10-18,24,29H,3-9,19-20H2,1-2H3. The number of rotatable bonds is 11. The van der Waals surface area contributed by atoms with Crippen molar-refractivity contribution in [2.45, 2.75) is 64.6 Å². The predicted octanol–water partition coefficient (Wildman–Crippen LogP) is 8.65. The lowest BCUT2D eigenvalue weighted by molar-refractivity contribution is -0.190. The Morgan fingerprint density at radius 2 is 1.43 bits per heavy atom. The molecule has 0 amide bonds. The Labute approximate surface area is 217 Å². The highest BCUT2D eigenvalue weighted by molar-refractivity contribution is 5.71. The highest BCUT2D eigenvalue weighted by atomic mass is 19.2. The quantitative estimate of drug-likeness (QED) is 0.241. The van der Waals surface area contributed by atoms with Gasteiger partial charge in [-0.3, -0.25) is 0 Å². The minimum atomic E-state index is -1.00. The first-order valence-corrected chi connectivity index (χ1v) is 13.3. The molecule has 3 aromatic carbocycles. The molecule has 0 aliphatic carbocycles. The van der Waals surface area contributed by atoms with Crippen molar-refractivity contribution in [3.63, 3.8) is 0 Å². The first-order chi connectivity index (χ1) is 18.0. The van der Waals surface area contributed by atoms with Crippen LogP contribution in [0.25, 0.3) is 22.3 Å². The molecule has 0 saturated carbocycles. The normalized spacial score (nSPS) is 17.6. The Bertz CT molecular complexity index is 1160. The van der Waals surface area contributed by atoms with Crippen LogP contribution in [0.2, 0.25) is 0 Å². The van der Waals surface area contributed by atoms with Gasteiger partial charge in [0.25, 0.3) is 0 Å². The van der Waals surface area contributed by atoms with Crippen molar-refractivity contribution in [3.8, 4) is 28.0 Å². The minimum absolute atomic E-state index is 0.109. The SMILES string of the molecule is CCCCCCCC1OCC(c2ccc(-c3ccc(-c4ccc(OCC)c(F)c4F)cc3)cc2F)CO1. The molecular formula is C31H35F3O3. The molecule has 37 heavy (non-hydrogen) atoms. The zero-order chi connectivity index (χ0) is 26.2. The van der Waals surface area contributed by atoms with Crippen molar-refractivity contribution in [2.75, 3.05) is 19.8 Å². The van der Waals surface area contributed by atoms with E-state index in [0.717, 1.165) is 18.4 Å². The maximum absolute atomic E-state index is 15.1. The molecule has 1 aliphatic heterocycles. The maximum Gasteiger partial charge on any atom is 0.201 e. The summed E-state index contributed by atoms with van der Waals surface area (Å²) in [5.74, 6) is -2.52. The first-order valence-electron chi connectivity index (χ1n) is 13.3. The maximum atomic E-state index is 15.1. The average molecular weight is 513 g/mol. The van der Waals surface area contributed by atoms with Crippen molar-refractivity contribution >= 4 is 0 Å². The summed E-state index contributed by atoms with van der Waals surface area (Å²) in [4.78, 5) is 0. The number of hydrogen-bond donors (Lipinski definition) is 0. The second-order valence-electron chi connectivity index (χ2n) is 9.48. The molecule has 1 aliphatic rings. The van der Waals surface area contributed by atoms with E-state index >= 15 is 4.39 Å². The Kier molecular flexibility index (Phi) is 9.64. The van der Waals surface area contributed by atoms with Crippen molar-refractivity contribution in [2.24, 2.45) is 0 Å². The molecule has 0 spiro atoms. The number of halogens is 3. The number of benzene rings is 3. The molecule has 4 rings (SSSR count). The molecule has 3 nitrogen and oxygen atoms in total. The van der Waals surface area contributed by atoms with Crippen LogP contribution in [0.4, 0.5) is 13.2 Å². The van der Waals surface area contributed by atoms with Crippen LogP contribution in [0.3, 0.4) is 0 Å². The molecule has 0 N–H and O–H groups in total. The zero-order valence-electron chi connectivity index (χ0n) is 21.6. The molecule has 0 bridgehead atoms. The molecule has 3 aromatic rings. The van der Waals surface area contributed by atoms with E-state index in [-0.39, 0.29) is 35.9 Å². The van der Waals surface area contributed by atoms with Crippen molar-refractivity contribution in [1.82, 2.24) is 0 Å². The molecule has 198 valence electrons. The van der Waals surface area contributed by atoms with E-state index in [9.17, 15) is 8.78 Å². The lowest BCUT2D eigenvalue weighted by Crippen LogP contribution is -2.31. The van der Waals surface area contributed by atoms with E-state index in [0.29, 0.717) is 29.9 Å². The summed E-state index contributed by atoms with van der Waals surface area (Å²) in [6, 6.07) is 15.0. The van der Waals surface area contributed by atoms with E-state index < -0.39 is 11.6 Å². The fourth-order valence-corrected chi connectivity index (χ4v) is 4.71. The first kappa shape index (κ1) is 27.2. The van der Waals surface area contributed by atoms with Crippen LogP contribution in [0.5, 0.6) is 5.75 Å². The molecular weight excluding hydrogens is 477 g/mol. The van der Waals surface area contributed by atoms with Crippen LogP contribution in [0.15, 0.2) is 54.6 Å². The second kappa shape index (κ2) is 13.1. The van der Waals surface area contributed by atoms with Gasteiger partial charge >= 0.3 is 0 Å². The van der Waals surface area contributed by atoms with Gasteiger partial charge in [0, 0.05) is 11.5 Å². The number of hydrogen-bond acceptors (Lipinski definition) is 3. The zero-order valence-corrected chi connectivity index (χ0v) is 21.6. The lowest BCUT2D eigenvalue weighted by atomic mass is 9.95. The van der Waals surface area contributed by atoms with Gasteiger partial charge in [0.1, 0.15) is 5.82 Å². The van der Waals surface area contributed by atoms with Gasteiger partial charge in [-0.1, -0.05) is 69.0 Å². The lowest BCUT2D eigenvalue weighted by Gasteiger charge is -2.30. The molecule has 0 unspecified atom stereocenters. The van der Waals surface area contributed by atoms with E-state index in [1.165, 1.54) is 43.9 Å². The molecule has 0 aromatic heterocycles. The largest absolute Gasteiger partial charge is 0.491 e. The van der Waals surface area contributed by atoms with Gasteiger partial charge in [-0.2, -0.15) is 4.39 Å². The van der Waals surface area contributed by atoms with Gasteiger partial charge in [-0.25, -0.2) is 8.78 Å². The molecule has 6 heteroatoms. The third-order valence-electron chi connectivity index (χ3n) is 6.83. The van der Waals surface area contributed by atoms with Gasteiger partial charge in [-0.15, -0.1) is 0 Å². The topological polar surface area (TPSA) is 27.7 Å². The summed E-state index contributed by atoms with van der Waals surface area (Å²) in [7, 11) is 0. The predicted molar refractivity (Wildman–Crippen MR) is 140 cm³/mol. The summed E-state index contributed by atoms with van der Waals surface area (Å²) in [6.07, 6.45) is 6.66.